The maximum atomic E-state index is 12.9. The molecule has 2 aromatic rings. The Morgan fingerprint density at radius 1 is 1.04 bits per heavy atom. The molecule has 25 heavy (non-hydrogen) atoms. The number of rotatable bonds is 2. The Hall–Kier alpha value is -1.85. The third-order valence-electron chi connectivity index (χ3n) is 5.75. The van der Waals surface area contributed by atoms with Crippen LogP contribution in [0.1, 0.15) is 16.8 Å². The fraction of sp³-hybridized carbons (Fsp3) is 0.550. The third-order valence-corrected chi connectivity index (χ3v) is 5.75. The average molecular weight is 340 g/mol. The first-order chi connectivity index (χ1) is 12.0. The standard InChI is InChI=1S/C20H28N4O/c1-15-4-5-18-16(12-15)17-13-22(3)7-6-19(17)24(18)14-20(25)23-10-8-21(2)9-11-23/h4-5,12H,6-11,13-14H2,1-3H3. The van der Waals surface area contributed by atoms with Gasteiger partial charge < -0.3 is 19.3 Å². The highest BCUT2D eigenvalue weighted by atomic mass is 16.2. The zero-order valence-electron chi connectivity index (χ0n) is 15.6. The predicted octanol–water partition coefficient (Wildman–Crippen LogP) is 1.71. The van der Waals surface area contributed by atoms with Crippen molar-refractivity contribution in [2.24, 2.45) is 0 Å². The Labute approximate surface area is 149 Å². The Morgan fingerprint density at radius 2 is 1.80 bits per heavy atom. The van der Waals surface area contributed by atoms with Gasteiger partial charge in [-0.25, -0.2) is 0 Å². The van der Waals surface area contributed by atoms with Crippen LogP contribution in [0.25, 0.3) is 10.9 Å². The third kappa shape index (κ3) is 3.07. The quantitative estimate of drug-likeness (QED) is 0.834. The summed E-state index contributed by atoms with van der Waals surface area (Å²) in [6, 6.07) is 6.64. The second-order valence-electron chi connectivity index (χ2n) is 7.70. The minimum Gasteiger partial charge on any atom is -0.339 e. The van der Waals surface area contributed by atoms with Gasteiger partial charge in [0.15, 0.2) is 0 Å². The molecule has 1 aromatic heterocycles. The van der Waals surface area contributed by atoms with Crippen molar-refractivity contribution in [3.8, 4) is 0 Å². The maximum Gasteiger partial charge on any atom is 0.242 e. The van der Waals surface area contributed by atoms with Crippen LogP contribution >= 0.6 is 0 Å². The number of nitrogens with zero attached hydrogens (tertiary/aromatic N) is 4. The van der Waals surface area contributed by atoms with Gasteiger partial charge in [0.1, 0.15) is 6.54 Å². The fourth-order valence-electron chi connectivity index (χ4n) is 4.17. The molecule has 1 amide bonds. The van der Waals surface area contributed by atoms with E-state index in [4.69, 9.17) is 0 Å². The van der Waals surface area contributed by atoms with E-state index in [1.165, 1.54) is 27.7 Å². The molecule has 0 radical (unpaired) electrons. The summed E-state index contributed by atoms with van der Waals surface area (Å²) in [5, 5.41) is 1.33. The number of hydrogen-bond acceptors (Lipinski definition) is 3. The fourth-order valence-corrected chi connectivity index (χ4v) is 4.17. The molecule has 4 rings (SSSR count). The first-order valence-corrected chi connectivity index (χ1v) is 9.28. The summed E-state index contributed by atoms with van der Waals surface area (Å²) in [7, 11) is 4.30. The van der Waals surface area contributed by atoms with E-state index in [1.807, 2.05) is 4.90 Å². The van der Waals surface area contributed by atoms with E-state index in [0.29, 0.717) is 6.54 Å². The van der Waals surface area contributed by atoms with E-state index in [-0.39, 0.29) is 5.91 Å². The molecule has 134 valence electrons. The smallest absolute Gasteiger partial charge is 0.242 e. The van der Waals surface area contributed by atoms with Crippen LogP contribution in [0.15, 0.2) is 18.2 Å². The van der Waals surface area contributed by atoms with Crippen LogP contribution in [0, 0.1) is 6.92 Å². The number of aryl methyl sites for hydroxylation is 1. The summed E-state index contributed by atoms with van der Waals surface area (Å²) in [5.41, 5.74) is 5.28. The lowest BCUT2D eigenvalue weighted by atomic mass is 10.0. The van der Waals surface area contributed by atoms with E-state index in [1.54, 1.807) is 0 Å². The number of benzene rings is 1. The molecule has 2 aliphatic heterocycles. The van der Waals surface area contributed by atoms with Crippen molar-refractivity contribution in [1.29, 1.82) is 0 Å². The maximum absolute atomic E-state index is 12.9. The minimum atomic E-state index is 0.257. The van der Waals surface area contributed by atoms with Gasteiger partial charge in [0.05, 0.1) is 0 Å². The molecule has 2 aliphatic rings. The first-order valence-electron chi connectivity index (χ1n) is 9.28. The van der Waals surface area contributed by atoms with E-state index in [9.17, 15) is 4.79 Å². The molecule has 1 aromatic carbocycles. The summed E-state index contributed by atoms with van der Waals surface area (Å²) in [5.74, 6) is 0.257. The van der Waals surface area contributed by atoms with Crippen LogP contribution in [0.3, 0.4) is 0 Å². The molecule has 0 saturated carbocycles. The van der Waals surface area contributed by atoms with Gasteiger partial charge in [-0.15, -0.1) is 0 Å². The number of carbonyl (C=O) groups is 1. The molecule has 5 nitrogen and oxygen atoms in total. The molecule has 1 saturated heterocycles. The van der Waals surface area contributed by atoms with Gasteiger partial charge in [0, 0.05) is 62.3 Å². The lowest BCUT2D eigenvalue weighted by Gasteiger charge is -2.33. The Kier molecular flexibility index (Phi) is 4.29. The van der Waals surface area contributed by atoms with Gasteiger partial charge in [0.2, 0.25) is 5.91 Å². The lowest BCUT2D eigenvalue weighted by molar-refractivity contribution is -0.133. The van der Waals surface area contributed by atoms with E-state index in [0.717, 1.165) is 45.7 Å². The number of likely N-dealkylation sites (N-methyl/N-ethyl adjacent to an activating group) is 2. The number of hydrogen-bond donors (Lipinski definition) is 0. The monoisotopic (exact) mass is 340 g/mol. The van der Waals surface area contributed by atoms with E-state index >= 15 is 0 Å². The Morgan fingerprint density at radius 3 is 2.56 bits per heavy atom. The summed E-state index contributed by atoms with van der Waals surface area (Å²) in [6.45, 7) is 8.29. The molecule has 0 N–H and O–H groups in total. The van der Waals surface area contributed by atoms with Crippen molar-refractivity contribution in [2.45, 2.75) is 26.4 Å². The van der Waals surface area contributed by atoms with Crippen LogP contribution in [0.5, 0.6) is 0 Å². The van der Waals surface area contributed by atoms with E-state index < -0.39 is 0 Å². The molecule has 3 heterocycles. The van der Waals surface area contributed by atoms with Gasteiger partial charge in [-0.3, -0.25) is 4.79 Å². The molecule has 0 spiro atoms. The normalized spacial score (nSPS) is 19.4. The van der Waals surface area contributed by atoms with Crippen molar-refractivity contribution in [1.82, 2.24) is 19.3 Å². The van der Waals surface area contributed by atoms with Gasteiger partial charge >= 0.3 is 0 Å². The molecular weight excluding hydrogens is 312 g/mol. The van der Waals surface area contributed by atoms with Crippen LogP contribution in [0.2, 0.25) is 0 Å². The zero-order chi connectivity index (χ0) is 17.6. The second kappa shape index (κ2) is 6.46. The molecule has 5 heteroatoms. The highest BCUT2D eigenvalue weighted by molar-refractivity contribution is 5.88. The zero-order valence-corrected chi connectivity index (χ0v) is 15.6. The molecule has 1 fully saturated rings. The van der Waals surface area contributed by atoms with Crippen LogP contribution < -0.4 is 0 Å². The number of fused-ring (bicyclic) bond motifs is 3. The highest BCUT2D eigenvalue weighted by Crippen LogP contribution is 2.31. The van der Waals surface area contributed by atoms with Crippen molar-refractivity contribution in [3.05, 3.63) is 35.0 Å². The molecular formula is C20H28N4O. The Bertz CT molecular complexity index is 802. The van der Waals surface area contributed by atoms with Gasteiger partial charge in [-0.2, -0.15) is 0 Å². The number of piperazine rings is 1. The van der Waals surface area contributed by atoms with Crippen LogP contribution in [-0.2, 0) is 24.3 Å². The topological polar surface area (TPSA) is 31.7 Å². The van der Waals surface area contributed by atoms with Gasteiger partial charge in [-0.1, -0.05) is 11.6 Å². The minimum absolute atomic E-state index is 0.257. The average Bonchev–Trinajstić information content (AvgIpc) is 2.88. The number of aromatic nitrogens is 1. The second-order valence-corrected chi connectivity index (χ2v) is 7.70. The Balaban J connectivity index is 1.68. The molecule has 0 atom stereocenters. The number of carbonyl (C=O) groups excluding carboxylic acids is 1. The van der Waals surface area contributed by atoms with Gasteiger partial charge in [-0.05, 0) is 38.7 Å². The van der Waals surface area contributed by atoms with Crippen molar-refractivity contribution in [2.75, 3.05) is 46.8 Å². The van der Waals surface area contributed by atoms with Crippen LogP contribution in [0.4, 0.5) is 0 Å². The SMILES string of the molecule is Cc1ccc2c(c1)c1c(n2CC(=O)N2CCN(C)CC2)CCN(C)C1. The number of amides is 1. The van der Waals surface area contributed by atoms with Gasteiger partial charge in [0.25, 0.3) is 0 Å². The predicted molar refractivity (Wildman–Crippen MR) is 101 cm³/mol. The van der Waals surface area contributed by atoms with Crippen molar-refractivity contribution < 1.29 is 4.79 Å². The molecule has 0 unspecified atom stereocenters. The summed E-state index contributed by atoms with van der Waals surface area (Å²) < 4.78 is 2.29. The summed E-state index contributed by atoms with van der Waals surface area (Å²) in [4.78, 5) is 19.6. The first kappa shape index (κ1) is 16.6. The largest absolute Gasteiger partial charge is 0.339 e. The summed E-state index contributed by atoms with van der Waals surface area (Å²) in [6.07, 6.45) is 1.02. The van der Waals surface area contributed by atoms with Crippen molar-refractivity contribution >= 4 is 16.8 Å². The van der Waals surface area contributed by atoms with E-state index in [2.05, 4.69) is 53.6 Å². The molecule has 0 bridgehead atoms. The lowest BCUT2D eigenvalue weighted by Crippen LogP contribution is -2.48. The van der Waals surface area contributed by atoms with Crippen LogP contribution in [-0.4, -0.2) is 72.0 Å². The molecule has 0 aliphatic carbocycles. The van der Waals surface area contributed by atoms with Crippen molar-refractivity contribution in [3.63, 3.8) is 0 Å². The highest BCUT2D eigenvalue weighted by Gasteiger charge is 2.25. The summed E-state index contributed by atoms with van der Waals surface area (Å²) >= 11 is 0.